The highest BCUT2D eigenvalue weighted by Gasteiger charge is 2.79. The van der Waals surface area contributed by atoms with Crippen LogP contribution >= 0.6 is 11.8 Å². The molecule has 2 aliphatic heterocycles. The average molecular weight is 1030 g/mol. The quantitative estimate of drug-likeness (QED) is 0.0596. The number of nitrogens with zero attached hydrogens (tertiary/aromatic N) is 1. The summed E-state index contributed by atoms with van der Waals surface area (Å²) in [6.45, 7) is 8.67. The highest BCUT2D eigenvalue weighted by Crippen LogP contribution is 2.65. The molecule has 16 nitrogen and oxygen atoms in total. The molecule has 1 N–H and O–H groups in total. The smallest absolute Gasteiger partial charge is 0.338 e. The van der Waals surface area contributed by atoms with Crippen molar-refractivity contribution in [3.63, 3.8) is 0 Å². The molecule has 1 amide bonds. The SMILES string of the molecule is COc1ccc([C@@H]2O[C@@H](C(=O)O[C@H]3C[C@@]4(O)[C@@H](OC(=O)c5ccccc5)[C@@H]5[C@]6(OC(C)=O)CO[C@@H]6C[C@H](OCSC)[C@@]5(C)C(=O)[C@H](OC(C)=O)C(=C3C)C4(C)C)[C@H](c3ccccc3)N2C(=O)c2ccccc2)cc1. The van der Waals surface area contributed by atoms with Gasteiger partial charge in [0.25, 0.3) is 5.91 Å². The van der Waals surface area contributed by atoms with Gasteiger partial charge in [0.05, 0.1) is 48.7 Å². The van der Waals surface area contributed by atoms with Crippen molar-refractivity contribution in [2.75, 3.05) is 25.9 Å². The van der Waals surface area contributed by atoms with Gasteiger partial charge in [-0.2, -0.15) is 0 Å². The number of amides is 1. The first-order valence-electron chi connectivity index (χ1n) is 24.6. The average Bonchev–Trinajstić information content (AvgIpc) is 3.80. The van der Waals surface area contributed by atoms with Crippen molar-refractivity contribution in [1.82, 2.24) is 4.90 Å². The Morgan fingerprint density at radius 2 is 1.42 bits per heavy atom. The van der Waals surface area contributed by atoms with Crippen LogP contribution in [0.25, 0.3) is 0 Å². The van der Waals surface area contributed by atoms with Crippen LogP contribution in [0.3, 0.4) is 0 Å². The number of benzene rings is 4. The van der Waals surface area contributed by atoms with Crippen LogP contribution in [0.5, 0.6) is 5.75 Å². The van der Waals surface area contributed by atoms with Gasteiger partial charge in [0.15, 0.2) is 29.8 Å². The van der Waals surface area contributed by atoms with Gasteiger partial charge in [-0.05, 0) is 73.2 Å². The molecule has 0 unspecified atom stereocenters. The lowest BCUT2D eigenvalue weighted by Crippen LogP contribution is -2.82. The Bertz CT molecular complexity index is 2830. The number of Topliss-reactive ketones (excluding diaryl/α,β-unsaturated/α-hetero) is 1. The molecule has 0 spiro atoms. The summed E-state index contributed by atoms with van der Waals surface area (Å²) in [6.07, 6.45) is -8.06. The molecule has 74 heavy (non-hydrogen) atoms. The summed E-state index contributed by atoms with van der Waals surface area (Å²) in [5.41, 5.74) is -5.60. The summed E-state index contributed by atoms with van der Waals surface area (Å²) in [6, 6.07) is 31.5. The molecule has 0 radical (unpaired) electrons. The van der Waals surface area contributed by atoms with Gasteiger partial charge < -0.3 is 43.0 Å². The molecular formula is C57H61NO15S. The maximum absolute atomic E-state index is 16.2. The first-order chi connectivity index (χ1) is 35.3. The van der Waals surface area contributed by atoms with E-state index in [2.05, 4.69) is 0 Å². The number of esters is 4. The van der Waals surface area contributed by atoms with Crippen LogP contribution in [-0.4, -0.2) is 119 Å². The molecule has 9 rings (SSSR count). The molecule has 5 aliphatic rings. The Morgan fingerprint density at radius 3 is 1.99 bits per heavy atom. The number of hydrogen-bond donors (Lipinski definition) is 1. The zero-order valence-corrected chi connectivity index (χ0v) is 43.3. The molecular weight excluding hydrogens is 971 g/mol. The second-order valence-corrected chi connectivity index (χ2v) is 21.2. The second kappa shape index (κ2) is 20.4. The van der Waals surface area contributed by atoms with Crippen molar-refractivity contribution in [1.29, 1.82) is 0 Å². The van der Waals surface area contributed by atoms with Crippen molar-refractivity contribution in [3.8, 4) is 5.75 Å². The van der Waals surface area contributed by atoms with Gasteiger partial charge in [0, 0.05) is 43.2 Å². The van der Waals surface area contributed by atoms with E-state index in [1.165, 1.54) is 30.7 Å². The normalized spacial score (nSPS) is 31.8. The minimum absolute atomic E-state index is 0.0457. The Balaban J connectivity index is 1.23. The third-order valence-corrected chi connectivity index (χ3v) is 16.3. The van der Waals surface area contributed by atoms with E-state index in [-0.39, 0.29) is 35.7 Å². The maximum atomic E-state index is 16.2. The molecule has 12 atom stereocenters. The Kier molecular flexibility index (Phi) is 14.5. The van der Waals surface area contributed by atoms with Crippen LogP contribution in [-0.2, 0) is 52.3 Å². The minimum atomic E-state index is -2.34. The first kappa shape index (κ1) is 52.5. The lowest BCUT2D eigenvalue weighted by atomic mass is 9.44. The third kappa shape index (κ3) is 8.79. The predicted molar refractivity (Wildman–Crippen MR) is 268 cm³/mol. The fraction of sp³-hybridized carbons (Fsp3) is 0.439. The number of carbonyl (C=O) groups is 6. The van der Waals surface area contributed by atoms with Crippen LogP contribution < -0.4 is 4.74 Å². The number of ether oxygens (including phenoxy) is 8. The van der Waals surface area contributed by atoms with Crippen LogP contribution in [0, 0.1) is 16.7 Å². The third-order valence-electron chi connectivity index (χ3n) is 15.9. The number of ketones is 1. The molecule has 0 aromatic heterocycles. The van der Waals surface area contributed by atoms with E-state index in [9.17, 15) is 24.3 Å². The summed E-state index contributed by atoms with van der Waals surface area (Å²) in [4.78, 5) is 89.6. The van der Waals surface area contributed by atoms with Gasteiger partial charge in [-0.3, -0.25) is 24.1 Å². The molecule has 2 saturated heterocycles. The zero-order chi connectivity index (χ0) is 52.9. The summed E-state index contributed by atoms with van der Waals surface area (Å²) >= 11 is 1.35. The molecule has 2 saturated carbocycles. The Labute approximate surface area is 433 Å². The number of fused-ring (bicyclic) bond motifs is 5. The molecule has 3 aliphatic carbocycles. The van der Waals surface area contributed by atoms with Crippen LogP contribution in [0.1, 0.15) is 98.5 Å². The summed E-state index contributed by atoms with van der Waals surface area (Å²) in [5.74, 6) is -5.25. The molecule has 390 valence electrons. The van der Waals surface area contributed by atoms with Gasteiger partial charge in [-0.15, -0.1) is 11.8 Å². The topological polar surface area (TPSA) is 200 Å². The predicted octanol–water partition coefficient (Wildman–Crippen LogP) is 7.54. The highest BCUT2D eigenvalue weighted by atomic mass is 32.2. The van der Waals surface area contributed by atoms with Crippen LogP contribution in [0.15, 0.2) is 126 Å². The van der Waals surface area contributed by atoms with Crippen molar-refractivity contribution in [2.24, 2.45) is 16.7 Å². The van der Waals surface area contributed by atoms with Crippen molar-refractivity contribution in [2.45, 2.75) is 114 Å². The van der Waals surface area contributed by atoms with Crippen molar-refractivity contribution < 1.29 is 71.8 Å². The number of hydrogen-bond acceptors (Lipinski definition) is 16. The summed E-state index contributed by atoms with van der Waals surface area (Å²) < 4.78 is 50.6. The summed E-state index contributed by atoms with van der Waals surface area (Å²) in [5, 5.41) is 14.2. The lowest BCUT2D eigenvalue weighted by Gasteiger charge is -2.67. The molecule has 2 heterocycles. The molecule has 2 bridgehead atoms. The van der Waals surface area contributed by atoms with Crippen molar-refractivity contribution in [3.05, 3.63) is 149 Å². The van der Waals surface area contributed by atoms with E-state index in [4.69, 9.17) is 37.9 Å². The van der Waals surface area contributed by atoms with E-state index in [0.29, 0.717) is 22.4 Å². The molecule has 17 heteroatoms. The van der Waals surface area contributed by atoms with Crippen LogP contribution in [0.2, 0.25) is 0 Å². The van der Waals surface area contributed by atoms with Crippen LogP contribution in [0.4, 0.5) is 0 Å². The first-order valence-corrected chi connectivity index (χ1v) is 26.0. The van der Waals surface area contributed by atoms with E-state index in [0.717, 1.165) is 6.92 Å². The number of rotatable bonds is 13. The van der Waals surface area contributed by atoms with Gasteiger partial charge in [-0.25, -0.2) is 9.59 Å². The number of thioether (sulfide) groups is 1. The fourth-order valence-corrected chi connectivity index (χ4v) is 12.6. The largest absolute Gasteiger partial charge is 0.497 e. The fourth-order valence-electron chi connectivity index (χ4n) is 12.3. The molecule has 4 aromatic carbocycles. The number of carbonyl (C=O) groups excluding carboxylic acids is 6. The van der Waals surface area contributed by atoms with E-state index >= 15 is 9.59 Å². The number of methoxy groups -OCH3 is 1. The zero-order valence-electron chi connectivity index (χ0n) is 42.5. The van der Waals surface area contributed by atoms with E-state index in [1.54, 1.807) is 143 Å². The second-order valence-electron chi connectivity index (χ2n) is 20.3. The molecule has 4 fully saturated rings. The van der Waals surface area contributed by atoms with E-state index in [1.807, 2.05) is 6.26 Å². The van der Waals surface area contributed by atoms with Gasteiger partial charge in [0.1, 0.15) is 29.7 Å². The lowest BCUT2D eigenvalue weighted by molar-refractivity contribution is -0.347. The number of aliphatic hydroxyl groups is 1. The monoisotopic (exact) mass is 1030 g/mol. The summed E-state index contributed by atoms with van der Waals surface area (Å²) in [7, 11) is 1.53. The highest BCUT2D eigenvalue weighted by molar-refractivity contribution is 7.98. The molecule has 4 aromatic rings. The van der Waals surface area contributed by atoms with Gasteiger partial charge >= 0.3 is 23.9 Å². The van der Waals surface area contributed by atoms with E-state index < -0.39 is 119 Å². The Morgan fingerprint density at radius 1 is 0.797 bits per heavy atom. The standard InChI is InChI=1S/C57H61NO15S/c1-32-40(70-53(64)46-44(35-18-12-9-13-19-35)58(50(62)36-20-14-10-15-21-36)51(71-46)37-24-26-39(66-7)27-25-37)29-57(65)49(72-52(63)38-22-16-11-17-23-38)47-55(6,48(61)45(69-33(2)59)43(32)54(57,4)5)41(68-31-74-8)28-42-56(47,30-67-42)73-34(3)60/h9-27,40-42,44-47,49,51,65H,28-31H2,1-8H3/t40-,41-,42+,44-,45+,46+,47-,49-,51-,55+,56-,57+/m0/s1. The minimum Gasteiger partial charge on any atom is -0.497 e. The van der Waals surface area contributed by atoms with Gasteiger partial charge in [-0.1, -0.05) is 92.7 Å². The Hall–Kier alpha value is -6.37. The van der Waals surface area contributed by atoms with Gasteiger partial charge in [0.2, 0.25) is 0 Å². The maximum Gasteiger partial charge on any atom is 0.338 e. The van der Waals surface area contributed by atoms with Crippen molar-refractivity contribution >= 4 is 47.3 Å².